The van der Waals surface area contributed by atoms with Crippen molar-refractivity contribution in [2.75, 3.05) is 10.7 Å². The Balaban J connectivity index is 2.42. The van der Waals surface area contributed by atoms with Crippen LogP contribution in [0, 0.1) is 0 Å². The van der Waals surface area contributed by atoms with Crippen molar-refractivity contribution in [2.24, 2.45) is 0 Å². The molecule has 1 aromatic carbocycles. The zero-order chi connectivity index (χ0) is 14.6. The molecule has 20 heavy (non-hydrogen) atoms. The molecule has 0 unspecified atom stereocenters. The SMILES string of the molecule is Clc1ccccc1C(CBr)(CBr)Cc1cncc(Br)c1. The maximum atomic E-state index is 6.40. The summed E-state index contributed by atoms with van der Waals surface area (Å²) in [5.74, 6) is 0. The molecule has 5 heteroatoms. The predicted molar refractivity (Wildman–Crippen MR) is 96.4 cm³/mol. The second-order valence-corrected chi connectivity index (χ2v) is 7.16. The molecule has 1 heterocycles. The van der Waals surface area contributed by atoms with E-state index in [1.807, 2.05) is 24.4 Å². The molecule has 0 N–H and O–H groups in total. The molecule has 0 aliphatic heterocycles. The van der Waals surface area contributed by atoms with Crippen LogP contribution in [0.3, 0.4) is 0 Å². The van der Waals surface area contributed by atoms with Crippen LogP contribution in [0.2, 0.25) is 5.02 Å². The Morgan fingerprint density at radius 3 is 2.40 bits per heavy atom. The Hall–Kier alpha value is 0.1000. The van der Waals surface area contributed by atoms with Gasteiger partial charge in [0.15, 0.2) is 0 Å². The van der Waals surface area contributed by atoms with Crippen LogP contribution < -0.4 is 0 Å². The van der Waals surface area contributed by atoms with Gasteiger partial charge >= 0.3 is 0 Å². The molecular formula is C15H13Br3ClN. The number of hydrogen-bond acceptors (Lipinski definition) is 1. The number of benzene rings is 1. The van der Waals surface area contributed by atoms with Gasteiger partial charge in [0.05, 0.1) is 0 Å². The van der Waals surface area contributed by atoms with Gasteiger partial charge in [0.2, 0.25) is 0 Å². The summed E-state index contributed by atoms with van der Waals surface area (Å²) in [6.07, 6.45) is 4.56. The van der Waals surface area contributed by atoms with E-state index in [9.17, 15) is 0 Å². The zero-order valence-corrected chi connectivity index (χ0v) is 16.1. The van der Waals surface area contributed by atoms with Crippen molar-refractivity contribution in [2.45, 2.75) is 11.8 Å². The summed E-state index contributed by atoms with van der Waals surface area (Å²) < 4.78 is 0.993. The van der Waals surface area contributed by atoms with Gasteiger partial charge in [-0.05, 0) is 45.6 Å². The maximum Gasteiger partial charge on any atom is 0.0444 e. The van der Waals surface area contributed by atoms with Crippen LogP contribution in [-0.4, -0.2) is 15.6 Å². The first-order valence-corrected chi connectivity index (χ1v) is 9.49. The normalized spacial score (nSPS) is 11.6. The number of rotatable bonds is 5. The minimum atomic E-state index is -0.0964. The highest BCUT2D eigenvalue weighted by molar-refractivity contribution is 9.10. The highest BCUT2D eigenvalue weighted by atomic mass is 79.9. The van der Waals surface area contributed by atoms with E-state index in [1.165, 1.54) is 5.56 Å². The molecule has 1 nitrogen and oxygen atoms in total. The van der Waals surface area contributed by atoms with Crippen LogP contribution in [0.15, 0.2) is 47.2 Å². The molecule has 2 aromatic rings. The van der Waals surface area contributed by atoms with E-state index in [-0.39, 0.29) is 5.41 Å². The molecule has 106 valence electrons. The van der Waals surface area contributed by atoms with E-state index in [4.69, 9.17) is 11.6 Å². The second kappa shape index (κ2) is 7.39. The third kappa shape index (κ3) is 3.65. The molecule has 0 saturated heterocycles. The van der Waals surface area contributed by atoms with Gasteiger partial charge in [-0.1, -0.05) is 61.7 Å². The zero-order valence-electron chi connectivity index (χ0n) is 10.6. The molecule has 0 aliphatic carbocycles. The molecule has 0 atom stereocenters. The predicted octanol–water partition coefficient (Wildman–Crippen LogP) is 5.77. The lowest BCUT2D eigenvalue weighted by Crippen LogP contribution is -2.33. The summed E-state index contributed by atoms with van der Waals surface area (Å²) >= 11 is 17.2. The fraction of sp³-hybridized carbons (Fsp3) is 0.267. The second-order valence-electron chi connectivity index (χ2n) is 4.72. The fourth-order valence-corrected chi connectivity index (χ4v) is 4.88. The molecule has 0 spiro atoms. The van der Waals surface area contributed by atoms with Gasteiger partial charge in [0, 0.05) is 38.0 Å². The summed E-state index contributed by atoms with van der Waals surface area (Å²) in [6, 6.07) is 10.1. The number of halogens is 4. The molecular weight excluding hydrogens is 469 g/mol. The van der Waals surface area contributed by atoms with Crippen LogP contribution in [0.25, 0.3) is 0 Å². The van der Waals surface area contributed by atoms with Gasteiger partial charge in [0.1, 0.15) is 0 Å². The third-order valence-corrected chi connectivity index (χ3v) is 6.17. The average molecular weight is 482 g/mol. The summed E-state index contributed by atoms with van der Waals surface area (Å²) in [5.41, 5.74) is 2.23. The van der Waals surface area contributed by atoms with Crippen molar-refractivity contribution in [1.82, 2.24) is 4.98 Å². The van der Waals surface area contributed by atoms with Gasteiger partial charge in [-0.2, -0.15) is 0 Å². The van der Waals surface area contributed by atoms with Crippen molar-refractivity contribution in [3.63, 3.8) is 0 Å². The van der Waals surface area contributed by atoms with E-state index < -0.39 is 0 Å². The van der Waals surface area contributed by atoms with Crippen LogP contribution in [0.4, 0.5) is 0 Å². The van der Waals surface area contributed by atoms with Crippen LogP contribution in [-0.2, 0) is 11.8 Å². The van der Waals surface area contributed by atoms with Crippen LogP contribution >= 0.6 is 59.4 Å². The van der Waals surface area contributed by atoms with Gasteiger partial charge in [-0.15, -0.1) is 0 Å². The van der Waals surface area contributed by atoms with Crippen LogP contribution in [0.5, 0.6) is 0 Å². The number of nitrogens with zero attached hydrogens (tertiary/aromatic N) is 1. The minimum absolute atomic E-state index is 0.0964. The average Bonchev–Trinajstić information content (AvgIpc) is 2.46. The molecule has 0 saturated carbocycles. The summed E-state index contributed by atoms with van der Waals surface area (Å²) in [7, 11) is 0. The van der Waals surface area contributed by atoms with Crippen molar-refractivity contribution >= 4 is 59.4 Å². The lowest BCUT2D eigenvalue weighted by molar-refractivity contribution is 0.550. The van der Waals surface area contributed by atoms with Gasteiger partial charge in [-0.3, -0.25) is 4.98 Å². The first-order valence-electron chi connectivity index (χ1n) is 6.08. The van der Waals surface area contributed by atoms with E-state index >= 15 is 0 Å². The van der Waals surface area contributed by atoms with E-state index in [0.717, 1.165) is 32.1 Å². The van der Waals surface area contributed by atoms with E-state index in [1.54, 1.807) is 6.20 Å². The number of pyridine rings is 1. The molecule has 2 rings (SSSR count). The van der Waals surface area contributed by atoms with Crippen LogP contribution in [0.1, 0.15) is 11.1 Å². The minimum Gasteiger partial charge on any atom is -0.263 e. The molecule has 0 fully saturated rings. The highest BCUT2D eigenvalue weighted by Crippen LogP contribution is 2.37. The van der Waals surface area contributed by atoms with Crippen molar-refractivity contribution in [3.05, 3.63) is 63.3 Å². The number of hydrogen-bond donors (Lipinski definition) is 0. The molecule has 0 bridgehead atoms. The topological polar surface area (TPSA) is 12.9 Å². The van der Waals surface area contributed by atoms with E-state index in [2.05, 4.69) is 64.9 Å². The lowest BCUT2D eigenvalue weighted by atomic mass is 9.79. The highest BCUT2D eigenvalue weighted by Gasteiger charge is 2.32. The molecule has 0 aliphatic rings. The standard InChI is InChI=1S/C15H13Br3ClN/c16-9-15(10-17,13-3-1-2-4-14(13)19)6-11-5-12(18)8-20-7-11/h1-5,7-8H,6,9-10H2. The maximum absolute atomic E-state index is 6.40. The number of alkyl halides is 2. The number of aromatic nitrogens is 1. The molecule has 1 aromatic heterocycles. The first kappa shape index (κ1) is 16.5. The molecule has 0 amide bonds. The smallest absolute Gasteiger partial charge is 0.0444 e. The Bertz CT molecular complexity index is 585. The largest absolute Gasteiger partial charge is 0.263 e. The Morgan fingerprint density at radius 1 is 1.10 bits per heavy atom. The lowest BCUT2D eigenvalue weighted by Gasteiger charge is -2.31. The van der Waals surface area contributed by atoms with E-state index in [0.29, 0.717) is 0 Å². The quantitative estimate of drug-likeness (QED) is 0.494. The third-order valence-electron chi connectivity index (χ3n) is 3.26. The summed E-state index contributed by atoms with van der Waals surface area (Å²) in [4.78, 5) is 4.24. The Morgan fingerprint density at radius 2 is 1.80 bits per heavy atom. The van der Waals surface area contributed by atoms with Crippen molar-refractivity contribution in [1.29, 1.82) is 0 Å². The first-order chi connectivity index (χ1) is 9.61. The van der Waals surface area contributed by atoms with Gasteiger partial charge < -0.3 is 0 Å². The monoisotopic (exact) mass is 479 g/mol. The van der Waals surface area contributed by atoms with Crippen molar-refractivity contribution < 1.29 is 0 Å². The summed E-state index contributed by atoms with van der Waals surface area (Å²) in [5, 5.41) is 2.44. The summed E-state index contributed by atoms with van der Waals surface area (Å²) in [6.45, 7) is 0. The van der Waals surface area contributed by atoms with Gasteiger partial charge in [-0.25, -0.2) is 0 Å². The Kier molecular flexibility index (Phi) is 6.09. The van der Waals surface area contributed by atoms with Gasteiger partial charge in [0.25, 0.3) is 0 Å². The van der Waals surface area contributed by atoms with Crippen molar-refractivity contribution in [3.8, 4) is 0 Å². The molecule has 0 radical (unpaired) electrons. The fourth-order valence-electron chi connectivity index (χ4n) is 2.20. The Labute approximate surface area is 149 Å².